The van der Waals surface area contributed by atoms with E-state index in [9.17, 15) is 4.79 Å². The van der Waals surface area contributed by atoms with Gasteiger partial charge in [0.2, 0.25) is 5.91 Å². The van der Waals surface area contributed by atoms with Gasteiger partial charge in [-0.05, 0) is 44.0 Å². The quantitative estimate of drug-likeness (QED) is 0.796. The first-order valence-corrected chi connectivity index (χ1v) is 6.30. The number of carbonyl (C=O) groups excluding carboxylic acids is 1. The summed E-state index contributed by atoms with van der Waals surface area (Å²) in [6.07, 6.45) is 1.78. The molecule has 0 spiro atoms. The average Bonchev–Trinajstić information content (AvgIpc) is 2.34. The zero-order valence-corrected chi connectivity index (χ0v) is 10.9. The van der Waals surface area contributed by atoms with Crippen molar-refractivity contribution in [2.24, 2.45) is 5.92 Å². The van der Waals surface area contributed by atoms with Gasteiger partial charge < -0.3 is 10.6 Å². The van der Waals surface area contributed by atoms with Crippen LogP contribution < -0.4 is 10.6 Å². The fraction of sp³-hybridized carbons (Fsp3) is 0.500. The molecule has 17 heavy (non-hydrogen) atoms. The molecular formula is C14H22N2O. The molecule has 1 aromatic carbocycles. The van der Waals surface area contributed by atoms with Gasteiger partial charge in [0.1, 0.15) is 0 Å². The Bertz CT molecular complexity index is 355. The molecule has 0 fully saturated rings. The standard InChI is InChI=1S/C14H22N2O/c1-4-11(5-2)14(17)16(6-3)13-9-7-12(15)8-10-13/h7-11H,4-6,15H2,1-3H3. The van der Waals surface area contributed by atoms with Crippen molar-refractivity contribution in [3.8, 4) is 0 Å². The Morgan fingerprint density at radius 1 is 1.18 bits per heavy atom. The molecule has 3 heteroatoms. The molecule has 0 radical (unpaired) electrons. The number of nitrogens with zero attached hydrogens (tertiary/aromatic N) is 1. The Balaban J connectivity index is 2.91. The zero-order chi connectivity index (χ0) is 12.8. The van der Waals surface area contributed by atoms with Gasteiger partial charge in [-0.25, -0.2) is 0 Å². The van der Waals surface area contributed by atoms with Crippen LogP contribution in [0.1, 0.15) is 33.6 Å². The van der Waals surface area contributed by atoms with E-state index in [1.54, 1.807) is 0 Å². The minimum atomic E-state index is 0.118. The van der Waals surface area contributed by atoms with Gasteiger partial charge in [0.05, 0.1) is 0 Å². The van der Waals surface area contributed by atoms with Gasteiger partial charge in [0.15, 0.2) is 0 Å². The largest absolute Gasteiger partial charge is 0.399 e. The highest BCUT2D eigenvalue weighted by Crippen LogP contribution is 2.20. The Morgan fingerprint density at radius 3 is 2.12 bits per heavy atom. The van der Waals surface area contributed by atoms with Crippen LogP contribution in [0.15, 0.2) is 24.3 Å². The summed E-state index contributed by atoms with van der Waals surface area (Å²) in [4.78, 5) is 14.1. The van der Waals surface area contributed by atoms with Gasteiger partial charge >= 0.3 is 0 Å². The summed E-state index contributed by atoms with van der Waals surface area (Å²) in [5, 5.41) is 0. The van der Waals surface area contributed by atoms with Gasteiger partial charge in [0, 0.05) is 23.8 Å². The Morgan fingerprint density at radius 2 is 1.71 bits per heavy atom. The Hall–Kier alpha value is -1.51. The Kier molecular flexibility index (Phi) is 5.01. The minimum absolute atomic E-state index is 0.118. The van der Waals surface area contributed by atoms with Crippen LogP contribution >= 0.6 is 0 Å². The lowest BCUT2D eigenvalue weighted by molar-refractivity contribution is -0.122. The number of hydrogen-bond donors (Lipinski definition) is 1. The van der Waals surface area contributed by atoms with E-state index >= 15 is 0 Å². The highest BCUT2D eigenvalue weighted by molar-refractivity contribution is 5.95. The van der Waals surface area contributed by atoms with Crippen molar-refractivity contribution in [1.82, 2.24) is 0 Å². The maximum atomic E-state index is 12.3. The average molecular weight is 234 g/mol. The number of carbonyl (C=O) groups is 1. The molecule has 0 bridgehead atoms. The molecule has 0 atom stereocenters. The highest BCUT2D eigenvalue weighted by Gasteiger charge is 2.21. The molecule has 1 aromatic rings. The maximum absolute atomic E-state index is 12.3. The van der Waals surface area contributed by atoms with Crippen LogP contribution in [0, 0.1) is 5.92 Å². The predicted molar refractivity (Wildman–Crippen MR) is 73.0 cm³/mol. The molecule has 94 valence electrons. The van der Waals surface area contributed by atoms with Gasteiger partial charge in [-0.3, -0.25) is 4.79 Å². The van der Waals surface area contributed by atoms with Crippen LogP contribution in [0.2, 0.25) is 0 Å². The molecule has 0 saturated heterocycles. The Labute approximate surface area is 104 Å². The molecule has 0 aliphatic carbocycles. The molecular weight excluding hydrogens is 212 g/mol. The van der Waals surface area contributed by atoms with Crippen molar-refractivity contribution in [3.63, 3.8) is 0 Å². The molecule has 0 aliphatic rings. The van der Waals surface area contributed by atoms with Crippen molar-refractivity contribution in [2.75, 3.05) is 17.2 Å². The number of rotatable bonds is 5. The predicted octanol–water partition coefficient (Wildman–Crippen LogP) is 3.06. The molecule has 1 rings (SSSR count). The summed E-state index contributed by atoms with van der Waals surface area (Å²) in [7, 11) is 0. The molecule has 0 aliphatic heterocycles. The van der Waals surface area contributed by atoms with Crippen LogP contribution in [-0.4, -0.2) is 12.5 Å². The van der Waals surface area contributed by atoms with E-state index in [4.69, 9.17) is 5.73 Å². The summed E-state index contributed by atoms with van der Waals surface area (Å²) in [6.45, 7) is 6.81. The summed E-state index contributed by atoms with van der Waals surface area (Å²) in [5.41, 5.74) is 7.30. The van der Waals surface area contributed by atoms with Gasteiger partial charge in [-0.15, -0.1) is 0 Å². The second-order valence-corrected chi connectivity index (χ2v) is 4.19. The number of anilines is 2. The first kappa shape index (κ1) is 13.6. The van der Waals surface area contributed by atoms with Crippen LogP contribution in [-0.2, 0) is 4.79 Å². The smallest absolute Gasteiger partial charge is 0.230 e. The van der Waals surface area contributed by atoms with Crippen molar-refractivity contribution in [2.45, 2.75) is 33.6 Å². The maximum Gasteiger partial charge on any atom is 0.230 e. The normalized spacial score (nSPS) is 10.6. The van der Waals surface area contributed by atoms with E-state index in [0.29, 0.717) is 6.54 Å². The summed E-state index contributed by atoms with van der Waals surface area (Å²) in [5.74, 6) is 0.328. The van der Waals surface area contributed by atoms with E-state index < -0.39 is 0 Å². The fourth-order valence-electron chi connectivity index (χ4n) is 1.98. The van der Waals surface area contributed by atoms with Crippen LogP contribution in [0.3, 0.4) is 0 Å². The number of hydrogen-bond acceptors (Lipinski definition) is 2. The first-order chi connectivity index (χ1) is 8.13. The van der Waals surface area contributed by atoms with Crippen molar-refractivity contribution < 1.29 is 4.79 Å². The topological polar surface area (TPSA) is 46.3 Å². The van der Waals surface area contributed by atoms with E-state index in [2.05, 4.69) is 13.8 Å². The lowest BCUT2D eigenvalue weighted by Crippen LogP contribution is -2.35. The van der Waals surface area contributed by atoms with Gasteiger partial charge in [-0.1, -0.05) is 13.8 Å². The second-order valence-electron chi connectivity index (χ2n) is 4.19. The van der Waals surface area contributed by atoms with Crippen molar-refractivity contribution in [3.05, 3.63) is 24.3 Å². The van der Waals surface area contributed by atoms with E-state index in [1.165, 1.54) is 0 Å². The van der Waals surface area contributed by atoms with Crippen LogP contribution in [0.4, 0.5) is 11.4 Å². The number of benzene rings is 1. The van der Waals surface area contributed by atoms with Crippen molar-refractivity contribution >= 4 is 17.3 Å². The lowest BCUT2D eigenvalue weighted by atomic mass is 10.0. The van der Waals surface area contributed by atoms with Gasteiger partial charge in [-0.2, -0.15) is 0 Å². The molecule has 1 amide bonds. The molecule has 0 unspecified atom stereocenters. The SMILES string of the molecule is CCC(CC)C(=O)N(CC)c1ccc(N)cc1. The van der Waals surface area contributed by atoms with Crippen LogP contribution in [0.5, 0.6) is 0 Å². The third kappa shape index (κ3) is 3.22. The first-order valence-electron chi connectivity index (χ1n) is 6.30. The number of nitrogen functional groups attached to an aromatic ring is 1. The van der Waals surface area contributed by atoms with E-state index in [1.807, 2.05) is 36.1 Å². The van der Waals surface area contributed by atoms with Crippen molar-refractivity contribution in [1.29, 1.82) is 0 Å². The summed E-state index contributed by atoms with van der Waals surface area (Å²) in [6, 6.07) is 7.47. The second kappa shape index (κ2) is 6.28. The summed E-state index contributed by atoms with van der Waals surface area (Å²) >= 11 is 0. The van der Waals surface area contributed by atoms with E-state index in [0.717, 1.165) is 24.2 Å². The van der Waals surface area contributed by atoms with Gasteiger partial charge in [0.25, 0.3) is 0 Å². The number of amides is 1. The highest BCUT2D eigenvalue weighted by atomic mass is 16.2. The molecule has 0 saturated carbocycles. The molecule has 0 heterocycles. The minimum Gasteiger partial charge on any atom is -0.399 e. The monoisotopic (exact) mass is 234 g/mol. The van der Waals surface area contributed by atoms with E-state index in [-0.39, 0.29) is 11.8 Å². The zero-order valence-electron chi connectivity index (χ0n) is 10.9. The fourth-order valence-corrected chi connectivity index (χ4v) is 1.98. The lowest BCUT2D eigenvalue weighted by Gasteiger charge is -2.25. The third-order valence-corrected chi connectivity index (χ3v) is 3.12. The molecule has 2 N–H and O–H groups in total. The summed E-state index contributed by atoms with van der Waals surface area (Å²) < 4.78 is 0. The third-order valence-electron chi connectivity index (χ3n) is 3.12. The molecule has 0 aromatic heterocycles. The molecule has 3 nitrogen and oxygen atoms in total. The number of nitrogens with two attached hydrogens (primary N) is 1. The van der Waals surface area contributed by atoms with Crippen LogP contribution in [0.25, 0.3) is 0 Å².